The molecule has 0 spiro atoms. The smallest absolute Gasteiger partial charge is 0.120 e. The minimum absolute atomic E-state index is 0.0693. The zero-order chi connectivity index (χ0) is 16.1. The van der Waals surface area contributed by atoms with Crippen molar-refractivity contribution in [3.05, 3.63) is 29.8 Å². The summed E-state index contributed by atoms with van der Waals surface area (Å²) < 4.78 is 12.3. The van der Waals surface area contributed by atoms with Crippen molar-refractivity contribution in [3.8, 4) is 5.75 Å². The lowest BCUT2D eigenvalue weighted by Crippen LogP contribution is -2.37. The van der Waals surface area contributed by atoms with Gasteiger partial charge in [-0.05, 0) is 38.8 Å². The van der Waals surface area contributed by atoms with Crippen LogP contribution in [0.25, 0.3) is 0 Å². The summed E-state index contributed by atoms with van der Waals surface area (Å²) in [4.78, 5) is 2.48. The van der Waals surface area contributed by atoms with Gasteiger partial charge in [0.05, 0.1) is 12.7 Å². The van der Waals surface area contributed by atoms with E-state index in [1.54, 1.807) is 0 Å². The van der Waals surface area contributed by atoms with Crippen LogP contribution in [0.5, 0.6) is 5.75 Å². The van der Waals surface area contributed by atoms with E-state index in [0.717, 1.165) is 38.4 Å². The molecule has 1 saturated carbocycles. The molecule has 2 fully saturated rings. The summed E-state index contributed by atoms with van der Waals surface area (Å²) in [5.41, 5.74) is 1.20. The summed E-state index contributed by atoms with van der Waals surface area (Å²) in [6.45, 7) is 8.34. The summed E-state index contributed by atoms with van der Waals surface area (Å²) in [5.74, 6) is 0.985. The molecule has 1 saturated heterocycles. The predicted octanol–water partition coefficient (Wildman–Crippen LogP) is 4.19. The van der Waals surface area contributed by atoms with Crippen molar-refractivity contribution in [2.75, 3.05) is 26.2 Å². The van der Waals surface area contributed by atoms with Crippen LogP contribution in [0.2, 0.25) is 0 Å². The first-order valence-electron chi connectivity index (χ1n) is 9.23. The molecule has 2 aliphatic rings. The van der Waals surface area contributed by atoms with Crippen LogP contribution in [-0.4, -0.2) is 42.8 Å². The molecule has 1 atom stereocenters. The number of aryl methyl sites for hydroxylation is 1. The van der Waals surface area contributed by atoms with Crippen molar-refractivity contribution in [1.29, 1.82) is 0 Å². The zero-order valence-corrected chi connectivity index (χ0v) is 14.7. The summed E-state index contributed by atoms with van der Waals surface area (Å²) in [6.07, 6.45) is 8.20. The van der Waals surface area contributed by atoms with Crippen LogP contribution < -0.4 is 4.74 Å². The fourth-order valence-electron chi connectivity index (χ4n) is 3.77. The van der Waals surface area contributed by atoms with Crippen molar-refractivity contribution in [2.24, 2.45) is 0 Å². The topological polar surface area (TPSA) is 21.7 Å². The van der Waals surface area contributed by atoms with Crippen molar-refractivity contribution < 1.29 is 9.47 Å². The van der Waals surface area contributed by atoms with Crippen LogP contribution in [0.1, 0.15) is 51.0 Å². The molecule has 23 heavy (non-hydrogen) atoms. The molecule has 1 aliphatic heterocycles. The van der Waals surface area contributed by atoms with Gasteiger partial charge in [0.15, 0.2) is 0 Å². The molecular weight excluding hydrogens is 286 g/mol. The highest BCUT2D eigenvalue weighted by Gasteiger charge is 2.35. The van der Waals surface area contributed by atoms with Crippen molar-refractivity contribution in [3.63, 3.8) is 0 Å². The van der Waals surface area contributed by atoms with Crippen LogP contribution in [0.15, 0.2) is 24.3 Å². The van der Waals surface area contributed by atoms with E-state index in [9.17, 15) is 0 Å². The molecule has 3 rings (SSSR count). The Morgan fingerprint density at radius 2 is 1.87 bits per heavy atom. The summed E-state index contributed by atoms with van der Waals surface area (Å²) >= 11 is 0. The monoisotopic (exact) mass is 317 g/mol. The number of benzene rings is 1. The van der Waals surface area contributed by atoms with Gasteiger partial charge in [0.25, 0.3) is 0 Å². The van der Waals surface area contributed by atoms with Crippen LogP contribution in [-0.2, 0) is 4.74 Å². The van der Waals surface area contributed by atoms with Gasteiger partial charge in [-0.1, -0.05) is 37.0 Å². The highest BCUT2D eigenvalue weighted by molar-refractivity contribution is 5.27. The van der Waals surface area contributed by atoms with E-state index in [0.29, 0.717) is 6.10 Å². The maximum Gasteiger partial charge on any atom is 0.120 e. The van der Waals surface area contributed by atoms with Crippen molar-refractivity contribution >= 4 is 0 Å². The molecule has 0 N–H and O–H groups in total. The van der Waals surface area contributed by atoms with Crippen LogP contribution >= 0.6 is 0 Å². The molecule has 1 aliphatic carbocycles. The SMILES string of the molecule is Cc1ccc(OC2(C)CCN(CCOC3CCCCC3)C2)cc1. The quantitative estimate of drug-likeness (QED) is 0.785. The van der Waals surface area contributed by atoms with E-state index in [-0.39, 0.29) is 5.60 Å². The fourth-order valence-corrected chi connectivity index (χ4v) is 3.77. The first-order chi connectivity index (χ1) is 11.1. The van der Waals surface area contributed by atoms with E-state index in [1.807, 2.05) is 0 Å². The molecule has 0 aromatic heterocycles. The molecule has 3 nitrogen and oxygen atoms in total. The molecular formula is C20H31NO2. The van der Waals surface area contributed by atoms with Gasteiger partial charge in [-0.15, -0.1) is 0 Å². The highest BCUT2D eigenvalue weighted by Crippen LogP contribution is 2.28. The number of rotatable bonds is 6. The number of nitrogens with zero attached hydrogens (tertiary/aromatic N) is 1. The Bertz CT molecular complexity index is 481. The highest BCUT2D eigenvalue weighted by atomic mass is 16.5. The molecule has 128 valence electrons. The minimum Gasteiger partial charge on any atom is -0.486 e. The Morgan fingerprint density at radius 3 is 2.61 bits per heavy atom. The van der Waals surface area contributed by atoms with E-state index in [2.05, 4.69) is 43.0 Å². The third-order valence-electron chi connectivity index (χ3n) is 5.21. The number of hydrogen-bond donors (Lipinski definition) is 0. The standard InChI is InChI=1S/C20H31NO2/c1-17-8-10-19(11-9-17)23-20(2)12-13-21(16-20)14-15-22-18-6-4-3-5-7-18/h8-11,18H,3-7,12-16H2,1-2H3. The Labute approximate surface area is 141 Å². The normalized spacial score (nSPS) is 26.5. The van der Waals surface area contributed by atoms with Gasteiger partial charge in [0, 0.05) is 26.1 Å². The number of hydrogen-bond acceptors (Lipinski definition) is 3. The van der Waals surface area contributed by atoms with E-state index in [1.165, 1.54) is 37.7 Å². The number of likely N-dealkylation sites (tertiary alicyclic amines) is 1. The van der Waals surface area contributed by atoms with Gasteiger partial charge >= 0.3 is 0 Å². The third-order valence-corrected chi connectivity index (χ3v) is 5.21. The number of ether oxygens (including phenoxy) is 2. The molecule has 1 unspecified atom stereocenters. The van der Waals surface area contributed by atoms with E-state index in [4.69, 9.17) is 9.47 Å². The van der Waals surface area contributed by atoms with E-state index < -0.39 is 0 Å². The van der Waals surface area contributed by atoms with Gasteiger partial charge in [-0.3, -0.25) is 4.90 Å². The maximum atomic E-state index is 6.26. The minimum atomic E-state index is -0.0693. The van der Waals surface area contributed by atoms with Crippen molar-refractivity contribution in [2.45, 2.75) is 64.1 Å². The summed E-state index contributed by atoms with van der Waals surface area (Å²) in [5, 5.41) is 0. The molecule has 0 radical (unpaired) electrons. The second-order valence-electron chi connectivity index (χ2n) is 7.52. The van der Waals surface area contributed by atoms with Gasteiger partial charge in [-0.2, -0.15) is 0 Å². The molecule has 0 bridgehead atoms. The molecule has 3 heteroatoms. The maximum absolute atomic E-state index is 6.26. The summed E-state index contributed by atoms with van der Waals surface area (Å²) in [7, 11) is 0. The second kappa shape index (κ2) is 7.67. The van der Waals surface area contributed by atoms with E-state index >= 15 is 0 Å². The van der Waals surface area contributed by atoms with Crippen LogP contribution in [0.4, 0.5) is 0 Å². The first-order valence-corrected chi connectivity index (χ1v) is 9.23. The molecule has 1 aromatic rings. The Balaban J connectivity index is 1.41. The zero-order valence-electron chi connectivity index (χ0n) is 14.7. The lowest BCUT2D eigenvalue weighted by Gasteiger charge is -2.27. The first kappa shape index (κ1) is 16.8. The van der Waals surface area contributed by atoms with Gasteiger partial charge in [0.2, 0.25) is 0 Å². The summed E-state index contributed by atoms with van der Waals surface area (Å²) in [6, 6.07) is 8.39. The molecule has 1 heterocycles. The Kier molecular flexibility index (Phi) is 5.60. The lowest BCUT2D eigenvalue weighted by molar-refractivity contribution is 0.0154. The predicted molar refractivity (Wildman–Crippen MR) is 94.1 cm³/mol. The van der Waals surface area contributed by atoms with Crippen molar-refractivity contribution in [1.82, 2.24) is 4.90 Å². The van der Waals surface area contributed by atoms with Crippen LogP contribution in [0.3, 0.4) is 0 Å². The fraction of sp³-hybridized carbons (Fsp3) is 0.700. The van der Waals surface area contributed by atoms with Gasteiger partial charge in [0.1, 0.15) is 11.4 Å². The van der Waals surface area contributed by atoms with Gasteiger partial charge in [-0.25, -0.2) is 0 Å². The molecule has 1 aromatic carbocycles. The largest absolute Gasteiger partial charge is 0.486 e. The van der Waals surface area contributed by atoms with Gasteiger partial charge < -0.3 is 9.47 Å². The average molecular weight is 317 g/mol. The second-order valence-corrected chi connectivity index (χ2v) is 7.52. The average Bonchev–Trinajstić information content (AvgIpc) is 2.92. The third kappa shape index (κ3) is 4.95. The Hall–Kier alpha value is -1.06. The lowest BCUT2D eigenvalue weighted by atomic mass is 9.98. The molecule has 0 amide bonds. The Morgan fingerprint density at radius 1 is 1.13 bits per heavy atom. The van der Waals surface area contributed by atoms with Crippen LogP contribution in [0, 0.1) is 6.92 Å².